The minimum Gasteiger partial charge on any atom is -0.312 e. The third-order valence-electron chi connectivity index (χ3n) is 4.91. The van der Waals surface area contributed by atoms with Gasteiger partial charge in [0.25, 0.3) is 0 Å². The number of Topliss-reactive ketones (excluding diaryl/α,β-unsaturated/α-hetero) is 1. The molecule has 0 atom stereocenters. The van der Waals surface area contributed by atoms with Crippen molar-refractivity contribution in [3.05, 3.63) is 35.5 Å². The molecular formula is C19H25N3O2. The molecule has 1 aromatic rings. The summed E-state index contributed by atoms with van der Waals surface area (Å²) >= 11 is 0. The van der Waals surface area contributed by atoms with E-state index in [2.05, 4.69) is 10.9 Å². The van der Waals surface area contributed by atoms with Crippen LogP contribution in [-0.2, 0) is 15.0 Å². The van der Waals surface area contributed by atoms with Crippen molar-refractivity contribution in [2.45, 2.75) is 51.9 Å². The first-order chi connectivity index (χ1) is 11.4. The number of fused-ring (bicyclic) bond motifs is 1. The zero-order chi connectivity index (χ0) is 17.3. The average Bonchev–Trinajstić information content (AvgIpc) is 2.70. The molecule has 1 amide bonds. The molecular weight excluding hydrogens is 302 g/mol. The van der Waals surface area contributed by atoms with Crippen LogP contribution in [0.2, 0.25) is 0 Å². The summed E-state index contributed by atoms with van der Waals surface area (Å²) in [7, 11) is 0. The summed E-state index contributed by atoms with van der Waals surface area (Å²) in [6.45, 7) is 6.57. The van der Waals surface area contributed by atoms with Gasteiger partial charge in [0.15, 0.2) is 5.78 Å². The molecule has 128 valence electrons. The van der Waals surface area contributed by atoms with Gasteiger partial charge in [-0.15, -0.1) is 0 Å². The van der Waals surface area contributed by atoms with Crippen molar-refractivity contribution in [2.75, 3.05) is 16.9 Å². The number of anilines is 2. The SMILES string of the molecule is CCN1C(=O)C(C)(C)c2cc(NNC3=CCCCCC3=O)ccc21. The predicted molar refractivity (Wildman–Crippen MR) is 95.8 cm³/mol. The molecule has 0 radical (unpaired) electrons. The van der Waals surface area contributed by atoms with Crippen LogP contribution < -0.4 is 15.8 Å². The third-order valence-corrected chi connectivity index (χ3v) is 4.91. The minimum atomic E-state index is -0.527. The summed E-state index contributed by atoms with van der Waals surface area (Å²) in [5, 5.41) is 0. The maximum atomic E-state index is 12.5. The number of nitrogens with zero attached hydrogens (tertiary/aromatic N) is 1. The van der Waals surface area contributed by atoms with E-state index >= 15 is 0 Å². The summed E-state index contributed by atoms with van der Waals surface area (Å²) in [6.07, 6.45) is 5.48. The first-order valence-corrected chi connectivity index (χ1v) is 8.67. The summed E-state index contributed by atoms with van der Waals surface area (Å²) in [6, 6.07) is 5.90. The van der Waals surface area contributed by atoms with E-state index < -0.39 is 5.41 Å². The quantitative estimate of drug-likeness (QED) is 0.833. The fourth-order valence-electron chi connectivity index (χ4n) is 3.41. The molecule has 2 N–H and O–H groups in total. The molecule has 0 aromatic heterocycles. The smallest absolute Gasteiger partial charge is 0.237 e. The standard InChI is InChI=1S/C19H25N3O2/c1-4-22-16-11-10-13(12-14(16)19(2,3)18(22)24)20-21-15-8-6-5-7-9-17(15)23/h8,10-12,20-21H,4-7,9H2,1-3H3. The van der Waals surface area contributed by atoms with E-state index in [1.807, 2.05) is 49.9 Å². The highest BCUT2D eigenvalue weighted by Gasteiger charge is 2.43. The van der Waals surface area contributed by atoms with Crippen molar-refractivity contribution >= 4 is 23.1 Å². The summed E-state index contributed by atoms with van der Waals surface area (Å²) in [5.74, 6) is 0.278. The maximum Gasteiger partial charge on any atom is 0.237 e. The summed E-state index contributed by atoms with van der Waals surface area (Å²) in [4.78, 5) is 26.4. The largest absolute Gasteiger partial charge is 0.312 e. The van der Waals surface area contributed by atoms with Gasteiger partial charge in [0, 0.05) is 18.7 Å². The lowest BCUT2D eigenvalue weighted by molar-refractivity contribution is -0.122. The van der Waals surface area contributed by atoms with E-state index in [9.17, 15) is 9.59 Å². The second-order valence-corrected chi connectivity index (χ2v) is 6.94. The number of allylic oxidation sites excluding steroid dienone is 2. The zero-order valence-electron chi connectivity index (χ0n) is 14.6. The van der Waals surface area contributed by atoms with Crippen molar-refractivity contribution in [1.29, 1.82) is 0 Å². The van der Waals surface area contributed by atoms with E-state index in [1.165, 1.54) is 0 Å². The topological polar surface area (TPSA) is 61.4 Å². The molecule has 2 aliphatic rings. The molecule has 3 rings (SSSR count). The van der Waals surface area contributed by atoms with Gasteiger partial charge in [-0.1, -0.05) is 6.08 Å². The highest BCUT2D eigenvalue weighted by Crippen LogP contribution is 2.42. The Labute approximate surface area is 143 Å². The minimum absolute atomic E-state index is 0.131. The molecule has 1 aromatic carbocycles. The highest BCUT2D eigenvalue weighted by molar-refractivity contribution is 6.07. The van der Waals surface area contributed by atoms with E-state index in [0.717, 1.165) is 36.2 Å². The molecule has 0 spiro atoms. The molecule has 1 aliphatic carbocycles. The second kappa shape index (κ2) is 6.30. The van der Waals surface area contributed by atoms with Crippen molar-refractivity contribution in [2.24, 2.45) is 0 Å². The number of hydrogen-bond acceptors (Lipinski definition) is 4. The Morgan fingerprint density at radius 2 is 1.96 bits per heavy atom. The Morgan fingerprint density at radius 1 is 1.17 bits per heavy atom. The fourth-order valence-corrected chi connectivity index (χ4v) is 3.41. The van der Waals surface area contributed by atoms with Crippen molar-refractivity contribution in [1.82, 2.24) is 5.43 Å². The molecule has 0 saturated heterocycles. The van der Waals surface area contributed by atoms with Crippen molar-refractivity contribution in [3.63, 3.8) is 0 Å². The summed E-state index contributed by atoms with van der Waals surface area (Å²) in [5.41, 5.74) is 9.12. The average molecular weight is 327 g/mol. The van der Waals surface area contributed by atoms with E-state index in [0.29, 0.717) is 18.7 Å². The van der Waals surface area contributed by atoms with E-state index in [1.54, 1.807) is 0 Å². The van der Waals surface area contributed by atoms with Crippen LogP contribution in [-0.4, -0.2) is 18.2 Å². The lowest BCUT2D eigenvalue weighted by Gasteiger charge is -2.18. The van der Waals surface area contributed by atoms with Crippen molar-refractivity contribution < 1.29 is 9.59 Å². The molecule has 0 saturated carbocycles. The van der Waals surface area contributed by atoms with Gasteiger partial charge in [0.05, 0.1) is 16.8 Å². The van der Waals surface area contributed by atoms with Gasteiger partial charge in [-0.2, -0.15) is 0 Å². The number of carbonyl (C=O) groups excluding carboxylic acids is 2. The van der Waals surface area contributed by atoms with Gasteiger partial charge < -0.3 is 10.3 Å². The molecule has 5 heteroatoms. The Bertz CT molecular complexity index is 707. The Kier molecular flexibility index (Phi) is 4.35. The van der Waals surface area contributed by atoms with Crippen molar-refractivity contribution in [3.8, 4) is 0 Å². The maximum absolute atomic E-state index is 12.5. The van der Waals surface area contributed by atoms with Crippen LogP contribution in [0.1, 0.15) is 52.0 Å². The lowest BCUT2D eigenvalue weighted by atomic mass is 9.86. The van der Waals surface area contributed by atoms with E-state index in [4.69, 9.17) is 0 Å². The fraction of sp³-hybridized carbons (Fsp3) is 0.474. The van der Waals surface area contributed by atoms with Crippen LogP contribution in [0.15, 0.2) is 30.0 Å². The zero-order valence-corrected chi connectivity index (χ0v) is 14.6. The van der Waals surface area contributed by atoms with Gasteiger partial charge in [-0.25, -0.2) is 0 Å². The van der Waals surface area contributed by atoms with Crippen LogP contribution in [0.3, 0.4) is 0 Å². The monoisotopic (exact) mass is 327 g/mol. The van der Waals surface area contributed by atoms with Gasteiger partial charge in [-0.3, -0.25) is 15.0 Å². The number of ketones is 1. The molecule has 5 nitrogen and oxygen atoms in total. The van der Waals surface area contributed by atoms with Crippen LogP contribution in [0.4, 0.5) is 11.4 Å². The third kappa shape index (κ3) is 2.79. The van der Waals surface area contributed by atoms with Gasteiger partial charge in [0.1, 0.15) is 0 Å². The number of carbonyl (C=O) groups is 2. The molecule has 0 fully saturated rings. The normalized spacial score (nSPS) is 19.6. The van der Waals surface area contributed by atoms with Crippen LogP contribution in [0.25, 0.3) is 0 Å². The van der Waals surface area contributed by atoms with E-state index in [-0.39, 0.29) is 11.7 Å². The number of rotatable bonds is 4. The van der Waals surface area contributed by atoms with Crippen LogP contribution >= 0.6 is 0 Å². The number of hydrogen-bond donors (Lipinski definition) is 2. The highest BCUT2D eigenvalue weighted by atomic mass is 16.2. The Balaban J connectivity index is 1.80. The number of hydrazine groups is 1. The second-order valence-electron chi connectivity index (χ2n) is 6.94. The number of likely N-dealkylation sites (N-methyl/N-ethyl adjacent to an activating group) is 1. The van der Waals surface area contributed by atoms with Gasteiger partial charge in [0.2, 0.25) is 5.91 Å². The molecule has 0 unspecified atom stereocenters. The van der Waals surface area contributed by atoms with Crippen LogP contribution in [0, 0.1) is 0 Å². The number of benzene rings is 1. The van der Waals surface area contributed by atoms with Gasteiger partial charge >= 0.3 is 0 Å². The summed E-state index contributed by atoms with van der Waals surface area (Å²) < 4.78 is 0. The molecule has 1 heterocycles. The Hall–Kier alpha value is -2.30. The predicted octanol–water partition coefficient (Wildman–Crippen LogP) is 3.27. The van der Waals surface area contributed by atoms with Gasteiger partial charge in [-0.05, 0) is 63.8 Å². The van der Waals surface area contributed by atoms with Crippen LogP contribution in [0.5, 0.6) is 0 Å². The molecule has 24 heavy (non-hydrogen) atoms. The molecule has 1 aliphatic heterocycles. The first kappa shape index (κ1) is 16.6. The Morgan fingerprint density at radius 3 is 2.71 bits per heavy atom. The number of nitrogens with one attached hydrogen (secondary N) is 2. The first-order valence-electron chi connectivity index (χ1n) is 8.67. The number of amides is 1. The lowest BCUT2D eigenvalue weighted by Crippen LogP contribution is -2.35. The molecule has 0 bridgehead atoms.